The molecule has 0 unspecified atom stereocenters. The number of carbonyl (C=O) groups is 1. The van der Waals surface area contributed by atoms with Crippen LogP contribution in [0.25, 0.3) is 23.1 Å². The molecule has 2 aromatic carbocycles. The molecule has 0 aliphatic heterocycles. The van der Waals surface area contributed by atoms with Gasteiger partial charge in [0.05, 0.1) is 16.8 Å². The van der Waals surface area contributed by atoms with Gasteiger partial charge < -0.3 is 5.11 Å². The highest BCUT2D eigenvalue weighted by atomic mass is 16.4. The van der Waals surface area contributed by atoms with Crippen LogP contribution in [0.4, 0.5) is 0 Å². The van der Waals surface area contributed by atoms with Crippen molar-refractivity contribution >= 4 is 29.0 Å². The molecular weight excluding hydrogens is 274 g/mol. The topological polar surface area (TPSA) is 50.2 Å². The summed E-state index contributed by atoms with van der Waals surface area (Å²) in [5.41, 5.74) is 3.86. The number of hydrogen-bond donors (Lipinski definition) is 1. The molecule has 0 spiro atoms. The highest BCUT2D eigenvalue weighted by molar-refractivity contribution is 6.03. The number of aromatic carboxylic acids is 1. The van der Waals surface area contributed by atoms with Gasteiger partial charge in [-0.15, -0.1) is 0 Å². The van der Waals surface area contributed by atoms with Gasteiger partial charge in [-0.2, -0.15) is 0 Å². The van der Waals surface area contributed by atoms with E-state index < -0.39 is 5.97 Å². The first-order valence-electron chi connectivity index (χ1n) is 7.02. The van der Waals surface area contributed by atoms with E-state index in [1.54, 1.807) is 12.1 Å². The molecule has 0 bridgehead atoms. The van der Waals surface area contributed by atoms with Crippen LogP contribution in [-0.4, -0.2) is 16.1 Å². The molecule has 108 valence electrons. The zero-order chi connectivity index (χ0) is 15.5. The predicted molar refractivity (Wildman–Crippen MR) is 88.8 cm³/mol. The van der Waals surface area contributed by atoms with E-state index in [-0.39, 0.29) is 5.56 Å². The minimum atomic E-state index is -0.941. The molecule has 1 aromatic heterocycles. The van der Waals surface area contributed by atoms with E-state index >= 15 is 0 Å². The van der Waals surface area contributed by atoms with Gasteiger partial charge in [0.15, 0.2) is 0 Å². The molecule has 22 heavy (non-hydrogen) atoms. The van der Waals surface area contributed by atoms with Crippen LogP contribution in [-0.2, 0) is 0 Å². The average Bonchev–Trinajstić information content (AvgIpc) is 2.53. The third kappa shape index (κ3) is 2.74. The van der Waals surface area contributed by atoms with E-state index in [9.17, 15) is 9.90 Å². The number of benzene rings is 2. The summed E-state index contributed by atoms with van der Waals surface area (Å²) in [5.74, 6) is -0.941. The highest BCUT2D eigenvalue weighted by Gasteiger charge is 2.10. The molecule has 0 aliphatic rings. The Morgan fingerprint density at radius 2 is 1.77 bits per heavy atom. The number of aryl methyl sites for hydroxylation is 1. The average molecular weight is 289 g/mol. The van der Waals surface area contributed by atoms with Gasteiger partial charge in [0, 0.05) is 5.39 Å². The smallest absolute Gasteiger partial charge is 0.336 e. The minimum Gasteiger partial charge on any atom is -0.478 e. The molecule has 0 radical (unpaired) electrons. The molecule has 3 nitrogen and oxygen atoms in total. The first-order chi connectivity index (χ1) is 10.6. The lowest BCUT2D eigenvalue weighted by molar-refractivity contribution is 0.0699. The van der Waals surface area contributed by atoms with Crippen molar-refractivity contribution < 1.29 is 9.90 Å². The molecule has 1 heterocycles. The zero-order valence-corrected chi connectivity index (χ0v) is 12.2. The summed E-state index contributed by atoms with van der Waals surface area (Å²) in [4.78, 5) is 16.0. The molecule has 3 rings (SSSR count). The number of nitrogens with zero attached hydrogens (tertiary/aromatic N) is 1. The number of carboxylic acids is 1. The van der Waals surface area contributed by atoms with E-state index in [0.29, 0.717) is 16.6 Å². The van der Waals surface area contributed by atoms with Crippen LogP contribution in [0, 0.1) is 6.92 Å². The van der Waals surface area contributed by atoms with Crippen molar-refractivity contribution in [2.75, 3.05) is 0 Å². The second kappa shape index (κ2) is 5.82. The van der Waals surface area contributed by atoms with E-state index in [2.05, 4.69) is 4.98 Å². The van der Waals surface area contributed by atoms with Crippen molar-refractivity contribution in [2.45, 2.75) is 6.92 Å². The van der Waals surface area contributed by atoms with Crippen LogP contribution in [0.15, 0.2) is 54.6 Å². The molecule has 0 amide bonds. The minimum absolute atomic E-state index is 0.273. The van der Waals surface area contributed by atoms with Gasteiger partial charge in [0.2, 0.25) is 0 Å². The van der Waals surface area contributed by atoms with Crippen LogP contribution in [0.3, 0.4) is 0 Å². The summed E-state index contributed by atoms with van der Waals surface area (Å²) >= 11 is 0. The maximum absolute atomic E-state index is 11.4. The fourth-order valence-electron chi connectivity index (χ4n) is 2.41. The second-order valence-corrected chi connectivity index (χ2v) is 5.11. The first kappa shape index (κ1) is 14.0. The van der Waals surface area contributed by atoms with Crippen molar-refractivity contribution in [3.63, 3.8) is 0 Å². The normalized spacial score (nSPS) is 11.1. The Balaban J connectivity index is 2.08. The molecule has 0 saturated carbocycles. The molecule has 0 atom stereocenters. The van der Waals surface area contributed by atoms with Gasteiger partial charge in [-0.1, -0.05) is 48.5 Å². The van der Waals surface area contributed by atoms with Gasteiger partial charge in [-0.3, -0.25) is 0 Å². The van der Waals surface area contributed by atoms with Crippen molar-refractivity contribution in [1.82, 2.24) is 4.98 Å². The number of rotatable bonds is 3. The third-order valence-corrected chi connectivity index (χ3v) is 3.59. The molecule has 3 aromatic rings. The fourth-order valence-corrected chi connectivity index (χ4v) is 2.41. The lowest BCUT2D eigenvalue weighted by Gasteiger charge is -2.04. The fraction of sp³-hybridized carbons (Fsp3) is 0.0526. The van der Waals surface area contributed by atoms with Crippen LogP contribution >= 0.6 is 0 Å². The number of aromatic nitrogens is 1. The largest absolute Gasteiger partial charge is 0.478 e. The lowest BCUT2D eigenvalue weighted by atomic mass is 10.1. The Morgan fingerprint density at radius 3 is 2.55 bits per heavy atom. The summed E-state index contributed by atoms with van der Waals surface area (Å²) < 4.78 is 0. The Bertz CT molecular complexity index is 881. The predicted octanol–water partition coefficient (Wildman–Crippen LogP) is 4.41. The molecule has 0 fully saturated rings. The van der Waals surface area contributed by atoms with Gasteiger partial charge in [-0.05, 0) is 36.3 Å². The number of pyridine rings is 1. The van der Waals surface area contributed by atoms with Gasteiger partial charge in [0.25, 0.3) is 0 Å². The quantitative estimate of drug-likeness (QED) is 0.777. The van der Waals surface area contributed by atoms with E-state index in [1.807, 2.05) is 61.5 Å². The molecule has 1 N–H and O–H groups in total. The van der Waals surface area contributed by atoms with Crippen molar-refractivity contribution in [3.05, 3.63) is 77.0 Å². The third-order valence-electron chi connectivity index (χ3n) is 3.59. The Morgan fingerprint density at radius 1 is 1.05 bits per heavy atom. The van der Waals surface area contributed by atoms with E-state index in [1.165, 1.54) is 0 Å². The summed E-state index contributed by atoms with van der Waals surface area (Å²) in [6.07, 6.45) is 3.80. The summed E-state index contributed by atoms with van der Waals surface area (Å²) in [6.45, 7) is 2.04. The molecule has 0 saturated heterocycles. The van der Waals surface area contributed by atoms with Crippen molar-refractivity contribution in [3.8, 4) is 0 Å². The highest BCUT2D eigenvalue weighted by Crippen LogP contribution is 2.20. The number of carboxylic acid groups (broad SMARTS) is 1. The number of fused-ring (bicyclic) bond motifs is 1. The Kier molecular flexibility index (Phi) is 3.71. The summed E-state index contributed by atoms with van der Waals surface area (Å²) in [7, 11) is 0. The van der Waals surface area contributed by atoms with Gasteiger partial charge >= 0.3 is 5.97 Å². The van der Waals surface area contributed by atoms with Crippen molar-refractivity contribution in [2.24, 2.45) is 0 Å². The Hall–Kier alpha value is -2.94. The van der Waals surface area contributed by atoms with Crippen molar-refractivity contribution in [1.29, 1.82) is 0 Å². The number of para-hydroxylation sites is 1. The van der Waals surface area contributed by atoms with Crippen LogP contribution in [0.1, 0.15) is 27.2 Å². The second-order valence-electron chi connectivity index (χ2n) is 5.11. The zero-order valence-electron chi connectivity index (χ0n) is 12.2. The first-order valence-corrected chi connectivity index (χ1v) is 7.02. The SMILES string of the molecule is Cc1ccccc1C=Cc1cc(C(=O)O)c2ccccc2n1. The molecule has 3 heteroatoms. The molecule has 0 aliphatic carbocycles. The van der Waals surface area contributed by atoms with Gasteiger partial charge in [-0.25, -0.2) is 9.78 Å². The molecular formula is C19H15NO2. The maximum atomic E-state index is 11.4. The summed E-state index contributed by atoms with van der Waals surface area (Å²) in [5, 5.41) is 10.0. The van der Waals surface area contributed by atoms with Crippen LogP contribution < -0.4 is 0 Å². The Labute approximate surface area is 128 Å². The van der Waals surface area contributed by atoms with Gasteiger partial charge in [0.1, 0.15) is 0 Å². The lowest BCUT2D eigenvalue weighted by Crippen LogP contribution is -2.00. The standard InChI is InChI=1S/C19H15NO2/c1-13-6-2-3-7-14(13)10-11-15-12-17(19(21)22)16-8-4-5-9-18(16)20-15/h2-12H,1H3,(H,21,22). The van der Waals surface area contributed by atoms with Crippen LogP contribution in [0.2, 0.25) is 0 Å². The van der Waals surface area contributed by atoms with Crippen LogP contribution in [0.5, 0.6) is 0 Å². The maximum Gasteiger partial charge on any atom is 0.336 e. The summed E-state index contributed by atoms with van der Waals surface area (Å²) in [6, 6.07) is 16.9. The van der Waals surface area contributed by atoms with E-state index in [0.717, 1.165) is 11.1 Å². The van der Waals surface area contributed by atoms with E-state index in [4.69, 9.17) is 0 Å². The number of hydrogen-bond acceptors (Lipinski definition) is 2. The monoisotopic (exact) mass is 289 g/mol.